The van der Waals surface area contributed by atoms with Crippen LogP contribution in [0.1, 0.15) is 36.5 Å². The van der Waals surface area contributed by atoms with Gasteiger partial charge in [0.15, 0.2) is 0 Å². The van der Waals surface area contributed by atoms with Gasteiger partial charge in [0.1, 0.15) is 28.7 Å². The van der Waals surface area contributed by atoms with E-state index in [1.54, 1.807) is 30.3 Å². The summed E-state index contributed by atoms with van der Waals surface area (Å²) in [6, 6.07) is 14.0. The lowest BCUT2D eigenvalue weighted by molar-refractivity contribution is -0.129. The van der Waals surface area contributed by atoms with Crippen LogP contribution in [0.15, 0.2) is 57.2 Å². The van der Waals surface area contributed by atoms with Crippen LogP contribution in [-0.2, 0) is 17.6 Å². The fraction of sp³-hybridized carbons (Fsp3) is 0.240. The maximum Gasteiger partial charge on any atom is 0.354 e. The first-order valence-corrected chi connectivity index (χ1v) is 10.2. The van der Waals surface area contributed by atoms with Crippen LogP contribution in [0.5, 0.6) is 11.5 Å². The Morgan fingerprint density at radius 3 is 2.81 bits per heavy atom. The van der Waals surface area contributed by atoms with Crippen LogP contribution in [0.4, 0.5) is 0 Å². The summed E-state index contributed by atoms with van der Waals surface area (Å²) in [7, 11) is 0. The first kappa shape index (κ1) is 20.4. The number of hydrogen-bond acceptors (Lipinski definition) is 6. The highest BCUT2D eigenvalue weighted by molar-refractivity contribution is 5.99. The van der Waals surface area contributed by atoms with Gasteiger partial charge in [0.25, 0.3) is 0 Å². The zero-order valence-corrected chi connectivity index (χ0v) is 17.1. The number of fused-ring (bicyclic) bond motifs is 3. The normalized spacial score (nSPS) is 13.0. The summed E-state index contributed by atoms with van der Waals surface area (Å²) in [5, 5.41) is 10.3. The van der Waals surface area contributed by atoms with Gasteiger partial charge in [-0.1, -0.05) is 25.1 Å². The van der Waals surface area contributed by atoms with E-state index in [0.29, 0.717) is 23.5 Å². The van der Waals surface area contributed by atoms with Crippen molar-refractivity contribution in [3.63, 3.8) is 0 Å². The number of aryl methyl sites for hydroxylation is 1. The molecule has 0 amide bonds. The summed E-state index contributed by atoms with van der Waals surface area (Å²) >= 11 is 0. The monoisotopic (exact) mass is 415 g/mol. The maximum absolute atomic E-state index is 12.6. The zero-order valence-electron chi connectivity index (χ0n) is 17.1. The van der Waals surface area contributed by atoms with Gasteiger partial charge in [-0.25, -0.2) is 9.59 Å². The van der Waals surface area contributed by atoms with Crippen molar-refractivity contribution in [1.29, 1.82) is 5.26 Å². The molecule has 1 heterocycles. The average molecular weight is 415 g/mol. The van der Waals surface area contributed by atoms with E-state index in [1.807, 2.05) is 19.1 Å². The lowest BCUT2D eigenvalue weighted by Gasteiger charge is -2.09. The van der Waals surface area contributed by atoms with Crippen molar-refractivity contribution in [3.8, 4) is 17.6 Å². The van der Waals surface area contributed by atoms with Gasteiger partial charge < -0.3 is 13.9 Å². The Hall–Kier alpha value is -3.85. The third kappa shape index (κ3) is 4.22. The van der Waals surface area contributed by atoms with E-state index in [4.69, 9.17) is 13.9 Å². The standard InChI is InChI=1S/C25H21NO5/c1-2-12-29-22-9-4-3-6-16(22)13-17(15-26)24(27)30-18-10-11-20-19-7-5-8-21(19)25(28)31-23(20)14-18/h3-4,6,9-11,13-14H,2,5,7-8,12H2,1H3/b17-13+. The largest absolute Gasteiger partial charge is 0.493 e. The van der Waals surface area contributed by atoms with E-state index in [0.717, 1.165) is 42.2 Å². The highest BCUT2D eigenvalue weighted by atomic mass is 16.5. The molecule has 0 radical (unpaired) electrons. The molecule has 2 aromatic carbocycles. The molecule has 1 aliphatic rings. The van der Waals surface area contributed by atoms with Gasteiger partial charge in [-0.15, -0.1) is 0 Å². The Morgan fingerprint density at radius 2 is 2.00 bits per heavy atom. The fourth-order valence-electron chi connectivity index (χ4n) is 3.73. The molecule has 6 nitrogen and oxygen atoms in total. The quantitative estimate of drug-likeness (QED) is 0.192. The summed E-state index contributed by atoms with van der Waals surface area (Å²) in [6.07, 6.45) is 4.77. The summed E-state index contributed by atoms with van der Waals surface area (Å²) in [5.41, 5.74) is 2.22. The minimum atomic E-state index is -0.796. The summed E-state index contributed by atoms with van der Waals surface area (Å²) in [5.74, 6) is -0.00264. The van der Waals surface area contributed by atoms with Crippen LogP contribution in [0.3, 0.4) is 0 Å². The molecular formula is C25H21NO5. The number of rotatable bonds is 6. The molecule has 1 aliphatic carbocycles. The summed E-state index contributed by atoms with van der Waals surface area (Å²) < 4.78 is 16.5. The van der Waals surface area contributed by atoms with Gasteiger partial charge >= 0.3 is 11.6 Å². The molecule has 3 aromatic rings. The van der Waals surface area contributed by atoms with Crippen LogP contribution < -0.4 is 15.1 Å². The average Bonchev–Trinajstić information content (AvgIpc) is 3.27. The minimum absolute atomic E-state index is 0.164. The smallest absolute Gasteiger partial charge is 0.354 e. The van der Waals surface area contributed by atoms with Crippen LogP contribution in [0, 0.1) is 11.3 Å². The van der Waals surface area contributed by atoms with Gasteiger partial charge in [-0.2, -0.15) is 5.26 Å². The molecule has 0 atom stereocenters. The summed E-state index contributed by atoms with van der Waals surface area (Å²) in [4.78, 5) is 24.8. The van der Waals surface area contributed by atoms with Gasteiger partial charge in [-0.05, 0) is 55.5 Å². The van der Waals surface area contributed by atoms with Crippen LogP contribution in [0.25, 0.3) is 17.0 Å². The molecule has 0 aliphatic heterocycles. The molecule has 0 fully saturated rings. The Morgan fingerprint density at radius 1 is 1.19 bits per heavy atom. The number of benzene rings is 2. The molecular weight excluding hydrogens is 394 g/mol. The van der Waals surface area contributed by atoms with Crippen molar-refractivity contribution >= 4 is 23.0 Å². The Balaban J connectivity index is 1.61. The molecule has 1 aromatic heterocycles. The van der Waals surface area contributed by atoms with Crippen molar-refractivity contribution in [1.82, 2.24) is 0 Å². The van der Waals surface area contributed by atoms with Crippen molar-refractivity contribution in [3.05, 3.63) is 75.1 Å². The van der Waals surface area contributed by atoms with Gasteiger partial charge in [0, 0.05) is 22.6 Å². The highest BCUT2D eigenvalue weighted by Gasteiger charge is 2.20. The van der Waals surface area contributed by atoms with E-state index < -0.39 is 5.97 Å². The fourth-order valence-corrected chi connectivity index (χ4v) is 3.73. The predicted octanol–water partition coefficient (Wildman–Crippen LogP) is 4.58. The highest BCUT2D eigenvalue weighted by Crippen LogP contribution is 2.30. The molecule has 0 unspecified atom stereocenters. The third-order valence-electron chi connectivity index (χ3n) is 5.18. The topological polar surface area (TPSA) is 89.5 Å². The van der Waals surface area contributed by atoms with E-state index in [2.05, 4.69) is 0 Å². The molecule has 0 spiro atoms. The van der Waals surface area contributed by atoms with Gasteiger partial charge in [0.05, 0.1) is 6.61 Å². The maximum atomic E-state index is 12.6. The lowest BCUT2D eigenvalue weighted by Crippen LogP contribution is -2.11. The lowest BCUT2D eigenvalue weighted by atomic mass is 10.1. The first-order chi connectivity index (χ1) is 15.1. The number of para-hydroxylation sites is 1. The minimum Gasteiger partial charge on any atom is -0.493 e. The SMILES string of the molecule is CCCOc1ccccc1/C=C(\C#N)C(=O)Oc1ccc2c3c(c(=O)oc2c1)CCC3. The number of carbonyl (C=O) groups is 1. The number of hydrogen-bond donors (Lipinski definition) is 0. The van der Waals surface area contributed by atoms with E-state index in [9.17, 15) is 14.9 Å². The van der Waals surface area contributed by atoms with Crippen LogP contribution in [0.2, 0.25) is 0 Å². The molecule has 6 heteroatoms. The third-order valence-corrected chi connectivity index (χ3v) is 5.18. The molecule has 4 rings (SSSR count). The molecule has 0 saturated heterocycles. The molecule has 0 bridgehead atoms. The number of esters is 1. The second kappa shape index (κ2) is 8.88. The van der Waals surface area contributed by atoms with Crippen LogP contribution in [-0.4, -0.2) is 12.6 Å². The number of nitriles is 1. The van der Waals surface area contributed by atoms with Crippen molar-refractivity contribution < 1.29 is 18.7 Å². The van der Waals surface area contributed by atoms with Crippen molar-refractivity contribution in [2.24, 2.45) is 0 Å². The van der Waals surface area contributed by atoms with Gasteiger partial charge in [0.2, 0.25) is 0 Å². The molecule has 156 valence electrons. The van der Waals surface area contributed by atoms with E-state index in [1.165, 1.54) is 12.1 Å². The van der Waals surface area contributed by atoms with Crippen LogP contribution >= 0.6 is 0 Å². The predicted molar refractivity (Wildman–Crippen MR) is 116 cm³/mol. The van der Waals surface area contributed by atoms with E-state index in [-0.39, 0.29) is 16.9 Å². The first-order valence-electron chi connectivity index (χ1n) is 10.2. The molecule has 31 heavy (non-hydrogen) atoms. The Bertz CT molecular complexity index is 1280. The van der Waals surface area contributed by atoms with Gasteiger partial charge in [-0.3, -0.25) is 0 Å². The van der Waals surface area contributed by atoms with Crippen molar-refractivity contribution in [2.75, 3.05) is 6.61 Å². The number of ether oxygens (including phenoxy) is 2. The second-order valence-electron chi connectivity index (χ2n) is 7.30. The zero-order chi connectivity index (χ0) is 21.8. The van der Waals surface area contributed by atoms with Crippen molar-refractivity contribution in [2.45, 2.75) is 32.6 Å². The molecule has 0 saturated carbocycles. The molecule has 0 N–H and O–H groups in total. The summed E-state index contributed by atoms with van der Waals surface area (Å²) in [6.45, 7) is 2.53. The second-order valence-corrected chi connectivity index (χ2v) is 7.30. The number of nitrogens with zero attached hydrogens (tertiary/aromatic N) is 1. The Labute approximate surface area is 179 Å². The van der Waals surface area contributed by atoms with E-state index >= 15 is 0 Å². The number of carbonyl (C=O) groups excluding carboxylic acids is 1. The Kier molecular flexibility index (Phi) is 5.85.